The number of carbonyl (C=O) groups is 1. The average Bonchev–Trinajstić information content (AvgIpc) is 3.44. The fourth-order valence-electron chi connectivity index (χ4n) is 2.43. The summed E-state index contributed by atoms with van der Waals surface area (Å²) in [6.45, 7) is 2.72. The zero-order valence-corrected chi connectivity index (χ0v) is 16.6. The summed E-state index contributed by atoms with van der Waals surface area (Å²) in [6.07, 6.45) is 3.46. The predicted octanol–water partition coefficient (Wildman–Crippen LogP) is 3.77. The third kappa shape index (κ3) is 4.49. The van der Waals surface area contributed by atoms with E-state index >= 15 is 0 Å². The van der Waals surface area contributed by atoms with Gasteiger partial charge in [0.2, 0.25) is 0 Å². The van der Waals surface area contributed by atoms with E-state index in [1.54, 1.807) is 12.1 Å². The second-order valence-corrected chi connectivity index (χ2v) is 7.74. The summed E-state index contributed by atoms with van der Waals surface area (Å²) in [7, 11) is 0. The van der Waals surface area contributed by atoms with Crippen LogP contribution >= 0.6 is 23.1 Å². The smallest absolute Gasteiger partial charge is 0.284 e. The molecule has 0 aliphatic heterocycles. The summed E-state index contributed by atoms with van der Waals surface area (Å²) in [5.74, 6) is 0.627. The summed E-state index contributed by atoms with van der Waals surface area (Å²) >= 11 is 2.58. The maximum atomic E-state index is 12.3. The van der Waals surface area contributed by atoms with Crippen LogP contribution in [0.4, 0.5) is 0 Å². The molecule has 142 valence electrons. The monoisotopic (exact) mass is 412 g/mol. The van der Waals surface area contributed by atoms with Crippen LogP contribution < -0.4 is 4.80 Å². The lowest BCUT2D eigenvalue weighted by atomic mass is 10.1. The van der Waals surface area contributed by atoms with Crippen molar-refractivity contribution in [3.05, 3.63) is 70.2 Å². The molecule has 0 aliphatic carbocycles. The number of rotatable bonds is 6. The molecule has 3 heterocycles. The number of aryl methyl sites for hydroxylation is 1. The van der Waals surface area contributed by atoms with Gasteiger partial charge in [-0.3, -0.25) is 4.79 Å². The van der Waals surface area contributed by atoms with Crippen LogP contribution in [-0.4, -0.2) is 26.4 Å². The molecule has 4 rings (SSSR count). The molecular formula is C19H16N4O3S2. The molecule has 0 atom stereocenters. The van der Waals surface area contributed by atoms with E-state index in [0.717, 1.165) is 17.3 Å². The third-order valence-electron chi connectivity index (χ3n) is 3.81. The molecule has 0 saturated carbocycles. The maximum Gasteiger partial charge on any atom is 0.284 e. The van der Waals surface area contributed by atoms with Crippen molar-refractivity contribution in [1.82, 2.24) is 14.8 Å². The first-order chi connectivity index (χ1) is 13.7. The van der Waals surface area contributed by atoms with Gasteiger partial charge in [-0.05, 0) is 24.6 Å². The zero-order valence-electron chi connectivity index (χ0n) is 14.9. The Bertz CT molecular complexity index is 1120. The molecule has 4 aromatic rings. The standard InChI is InChI=1S/C19H16N4O3S2/c1-13-4-6-14(7-5-13)11-23-8-10-27-18(23)20-16(24)12-28-19-22-21-17(26-19)15-3-2-9-25-15/h2-10H,11-12H2,1H3. The van der Waals surface area contributed by atoms with Crippen molar-refractivity contribution in [2.24, 2.45) is 4.99 Å². The maximum absolute atomic E-state index is 12.3. The molecule has 0 spiro atoms. The van der Waals surface area contributed by atoms with Crippen LogP contribution in [0.1, 0.15) is 11.1 Å². The number of amides is 1. The van der Waals surface area contributed by atoms with Gasteiger partial charge in [-0.2, -0.15) is 4.99 Å². The average molecular weight is 412 g/mol. The third-order valence-corrected chi connectivity index (χ3v) is 5.41. The predicted molar refractivity (Wildman–Crippen MR) is 106 cm³/mol. The molecule has 1 amide bonds. The van der Waals surface area contributed by atoms with E-state index in [9.17, 15) is 4.79 Å². The van der Waals surface area contributed by atoms with Crippen molar-refractivity contribution in [3.8, 4) is 11.7 Å². The van der Waals surface area contributed by atoms with Crippen molar-refractivity contribution in [2.75, 3.05) is 5.75 Å². The van der Waals surface area contributed by atoms with Crippen LogP contribution in [0.5, 0.6) is 0 Å². The van der Waals surface area contributed by atoms with Crippen molar-refractivity contribution in [2.45, 2.75) is 18.7 Å². The minimum absolute atomic E-state index is 0.113. The molecule has 0 aliphatic rings. The Hall–Kier alpha value is -2.91. The fraction of sp³-hybridized carbons (Fsp3) is 0.158. The van der Waals surface area contributed by atoms with Gasteiger partial charge in [-0.25, -0.2) is 0 Å². The van der Waals surface area contributed by atoms with E-state index in [0.29, 0.717) is 22.3 Å². The Kier molecular flexibility index (Phi) is 5.54. The molecular weight excluding hydrogens is 396 g/mol. The highest BCUT2D eigenvalue weighted by Gasteiger charge is 2.12. The summed E-state index contributed by atoms with van der Waals surface area (Å²) in [6, 6.07) is 11.8. The summed E-state index contributed by atoms with van der Waals surface area (Å²) in [4.78, 5) is 17.1. The van der Waals surface area contributed by atoms with Crippen LogP contribution in [-0.2, 0) is 11.3 Å². The minimum atomic E-state index is -0.261. The number of hydrogen-bond donors (Lipinski definition) is 0. The summed E-state index contributed by atoms with van der Waals surface area (Å²) < 4.78 is 12.6. The molecule has 0 fully saturated rings. The van der Waals surface area contributed by atoms with E-state index in [-0.39, 0.29) is 17.6 Å². The SMILES string of the molecule is Cc1ccc(Cn2ccsc2=NC(=O)CSc2nnc(-c3ccco3)o2)cc1. The first kappa shape index (κ1) is 18.5. The van der Waals surface area contributed by atoms with Crippen LogP contribution in [0.15, 0.2) is 73.3 Å². The largest absolute Gasteiger partial charge is 0.459 e. The number of carbonyl (C=O) groups excluding carboxylic acids is 1. The van der Waals surface area contributed by atoms with Crippen molar-refractivity contribution >= 4 is 29.0 Å². The molecule has 3 aromatic heterocycles. The Morgan fingerprint density at radius 3 is 2.89 bits per heavy atom. The van der Waals surface area contributed by atoms with E-state index in [2.05, 4.69) is 46.4 Å². The van der Waals surface area contributed by atoms with E-state index in [1.807, 2.05) is 16.1 Å². The number of thiazole rings is 1. The van der Waals surface area contributed by atoms with E-state index in [1.165, 1.54) is 23.2 Å². The summed E-state index contributed by atoms with van der Waals surface area (Å²) in [5.41, 5.74) is 2.37. The molecule has 0 radical (unpaired) electrons. The van der Waals surface area contributed by atoms with E-state index in [4.69, 9.17) is 8.83 Å². The van der Waals surface area contributed by atoms with Gasteiger partial charge < -0.3 is 13.4 Å². The minimum Gasteiger partial charge on any atom is -0.459 e. The lowest BCUT2D eigenvalue weighted by molar-refractivity contribution is -0.115. The number of thioether (sulfide) groups is 1. The van der Waals surface area contributed by atoms with Crippen LogP contribution in [0, 0.1) is 6.92 Å². The van der Waals surface area contributed by atoms with Gasteiger partial charge >= 0.3 is 0 Å². The Labute approximate surface area is 168 Å². The second-order valence-electron chi connectivity index (χ2n) is 5.94. The van der Waals surface area contributed by atoms with Crippen LogP contribution in [0.2, 0.25) is 0 Å². The van der Waals surface area contributed by atoms with Gasteiger partial charge in [-0.15, -0.1) is 21.5 Å². The number of benzene rings is 1. The topological polar surface area (TPSA) is 86.4 Å². The second kappa shape index (κ2) is 8.41. The first-order valence-corrected chi connectivity index (χ1v) is 10.3. The Morgan fingerprint density at radius 2 is 2.11 bits per heavy atom. The Morgan fingerprint density at radius 1 is 1.25 bits per heavy atom. The molecule has 28 heavy (non-hydrogen) atoms. The van der Waals surface area contributed by atoms with Gasteiger partial charge in [0.1, 0.15) is 0 Å². The lowest BCUT2D eigenvalue weighted by Gasteiger charge is -2.03. The number of aromatic nitrogens is 3. The highest BCUT2D eigenvalue weighted by Crippen LogP contribution is 2.23. The number of nitrogens with zero attached hydrogens (tertiary/aromatic N) is 4. The van der Waals surface area contributed by atoms with Gasteiger partial charge in [0.25, 0.3) is 17.0 Å². The molecule has 9 heteroatoms. The van der Waals surface area contributed by atoms with Gasteiger partial charge in [0.15, 0.2) is 10.6 Å². The normalized spacial score (nSPS) is 11.8. The molecule has 7 nitrogen and oxygen atoms in total. The lowest BCUT2D eigenvalue weighted by Crippen LogP contribution is -2.17. The Balaban J connectivity index is 1.40. The number of hydrogen-bond acceptors (Lipinski definition) is 7. The molecule has 0 unspecified atom stereocenters. The van der Waals surface area contributed by atoms with Crippen LogP contribution in [0.3, 0.4) is 0 Å². The summed E-state index contributed by atoms with van der Waals surface area (Å²) in [5, 5.41) is 10.0. The van der Waals surface area contributed by atoms with E-state index < -0.39 is 0 Å². The van der Waals surface area contributed by atoms with Crippen LogP contribution in [0.25, 0.3) is 11.7 Å². The molecule has 0 bridgehead atoms. The number of furan rings is 1. The van der Waals surface area contributed by atoms with Gasteiger partial charge in [0, 0.05) is 18.1 Å². The van der Waals surface area contributed by atoms with Crippen molar-refractivity contribution in [3.63, 3.8) is 0 Å². The quantitative estimate of drug-likeness (QED) is 0.448. The molecule has 0 N–H and O–H groups in total. The van der Waals surface area contributed by atoms with Crippen molar-refractivity contribution in [1.29, 1.82) is 0 Å². The highest BCUT2D eigenvalue weighted by atomic mass is 32.2. The first-order valence-electron chi connectivity index (χ1n) is 8.44. The van der Waals surface area contributed by atoms with Gasteiger partial charge in [0.05, 0.1) is 12.0 Å². The molecule has 1 aromatic carbocycles. The fourth-order valence-corrected chi connectivity index (χ4v) is 3.72. The zero-order chi connectivity index (χ0) is 19.3. The highest BCUT2D eigenvalue weighted by molar-refractivity contribution is 7.99. The molecule has 0 saturated heterocycles. The van der Waals surface area contributed by atoms with Gasteiger partial charge in [-0.1, -0.05) is 41.6 Å². The van der Waals surface area contributed by atoms with Crippen molar-refractivity contribution < 1.29 is 13.6 Å².